The zero-order chi connectivity index (χ0) is 15.1. The Morgan fingerprint density at radius 1 is 1.22 bits per heavy atom. The number of hydrogen-bond donors (Lipinski definition) is 2. The highest BCUT2D eigenvalue weighted by Crippen LogP contribution is 2.23. The lowest BCUT2D eigenvalue weighted by Crippen LogP contribution is -2.44. The van der Waals surface area contributed by atoms with Gasteiger partial charge in [0.15, 0.2) is 0 Å². The first-order valence-electron chi connectivity index (χ1n) is 7.19. The predicted molar refractivity (Wildman–Crippen MR) is 102 cm³/mol. The molecular weight excluding hydrogens is 377 g/mol. The second kappa shape index (κ2) is 11.5. The van der Waals surface area contributed by atoms with Gasteiger partial charge in [0.2, 0.25) is 10.0 Å². The summed E-state index contributed by atoms with van der Waals surface area (Å²) >= 11 is 1.45. The summed E-state index contributed by atoms with van der Waals surface area (Å²) in [5, 5.41) is 3.31. The third kappa shape index (κ3) is 7.17. The Morgan fingerprint density at radius 3 is 2.52 bits per heavy atom. The molecule has 2 N–H and O–H groups in total. The minimum absolute atomic E-state index is 0. The van der Waals surface area contributed by atoms with Crippen LogP contribution in [0.25, 0.3) is 0 Å². The first kappa shape index (κ1) is 23.0. The monoisotopic (exact) mass is 401 g/mol. The molecule has 0 unspecified atom stereocenters. The second-order valence-corrected chi connectivity index (χ2v) is 7.58. The number of rotatable bonds is 7. The Balaban J connectivity index is 0.00000242. The highest BCUT2D eigenvalue weighted by Gasteiger charge is 2.17. The topological polar surface area (TPSA) is 61.4 Å². The molecule has 0 saturated carbocycles. The van der Waals surface area contributed by atoms with Crippen LogP contribution in [0.3, 0.4) is 0 Å². The molecule has 0 bridgehead atoms. The van der Waals surface area contributed by atoms with Crippen molar-refractivity contribution in [1.29, 1.82) is 0 Å². The van der Waals surface area contributed by atoms with E-state index in [-0.39, 0.29) is 24.8 Å². The normalized spacial score (nSPS) is 15.5. The van der Waals surface area contributed by atoms with Crippen molar-refractivity contribution >= 4 is 46.6 Å². The number of halogens is 2. The number of nitrogens with one attached hydrogen (secondary N) is 2. The number of hydrogen-bond acceptors (Lipinski definition) is 5. The molecule has 0 amide bonds. The Labute approximate surface area is 155 Å². The standard InChI is InChI=1S/C14H23N3O2S2.2ClH/c1-20-13-5-2-3-6-14(13)21(18,19)16-7-4-10-17-11-8-15-9-12-17;;/h2-3,5-6,15-16H,4,7-12H2,1H3;2*1H. The number of piperazine rings is 1. The lowest BCUT2D eigenvalue weighted by Gasteiger charge is -2.27. The number of nitrogens with zero attached hydrogens (tertiary/aromatic N) is 1. The van der Waals surface area contributed by atoms with Gasteiger partial charge in [-0.25, -0.2) is 13.1 Å². The average Bonchev–Trinajstić information content (AvgIpc) is 2.52. The molecule has 23 heavy (non-hydrogen) atoms. The summed E-state index contributed by atoms with van der Waals surface area (Å²) in [6.07, 6.45) is 2.72. The smallest absolute Gasteiger partial charge is 0.241 e. The second-order valence-electron chi connectivity index (χ2n) is 4.99. The van der Waals surface area contributed by atoms with Crippen LogP contribution in [0.2, 0.25) is 0 Å². The maximum Gasteiger partial charge on any atom is 0.241 e. The number of thioether (sulfide) groups is 1. The van der Waals surface area contributed by atoms with E-state index in [2.05, 4.69) is 14.9 Å². The van der Waals surface area contributed by atoms with Gasteiger partial charge in [-0.3, -0.25) is 0 Å². The minimum Gasteiger partial charge on any atom is -0.314 e. The van der Waals surface area contributed by atoms with Crippen LogP contribution < -0.4 is 10.0 Å². The fourth-order valence-corrected chi connectivity index (χ4v) is 4.58. The van der Waals surface area contributed by atoms with Gasteiger partial charge >= 0.3 is 0 Å². The molecule has 1 saturated heterocycles. The average molecular weight is 402 g/mol. The van der Waals surface area contributed by atoms with Gasteiger partial charge in [-0.05, 0) is 31.4 Å². The zero-order valence-electron chi connectivity index (χ0n) is 13.2. The molecule has 1 aliphatic heterocycles. The van der Waals surface area contributed by atoms with E-state index in [4.69, 9.17) is 0 Å². The molecule has 1 fully saturated rings. The predicted octanol–water partition coefficient (Wildman–Crippen LogP) is 1.83. The van der Waals surface area contributed by atoms with Gasteiger partial charge in [0.05, 0.1) is 4.90 Å². The molecule has 1 heterocycles. The zero-order valence-corrected chi connectivity index (χ0v) is 16.4. The van der Waals surface area contributed by atoms with Gasteiger partial charge in [-0.2, -0.15) is 0 Å². The van der Waals surface area contributed by atoms with Crippen molar-refractivity contribution in [3.8, 4) is 0 Å². The van der Waals surface area contributed by atoms with Crippen LogP contribution in [-0.4, -0.2) is 58.8 Å². The van der Waals surface area contributed by atoms with Crippen molar-refractivity contribution in [3.63, 3.8) is 0 Å². The third-order valence-electron chi connectivity index (χ3n) is 3.51. The lowest BCUT2D eigenvalue weighted by atomic mass is 10.3. The molecule has 2 rings (SSSR count). The van der Waals surface area contributed by atoms with Crippen LogP contribution in [0, 0.1) is 0 Å². The minimum atomic E-state index is -3.41. The van der Waals surface area contributed by atoms with E-state index in [0.29, 0.717) is 11.4 Å². The maximum atomic E-state index is 12.3. The quantitative estimate of drug-likeness (QED) is 0.538. The van der Waals surface area contributed by atoms with Crippen LogP contribution in [0.5, 0.6) is 0 Å². The Morgan fingerprint density at radius 2 is 1.87 bits per heavy atom. The van der Waals surface area contributed by atoms with Gasteiger partial charge < -0.3 is 10.2 Å². The fourth-order valence-electron chi connectivity index (χ4n) is 2.36. The molecule has 1 aromatic rings. The van der Waals surface area contributed by atoms with E-state index >= 15 is 0 Å². The van der Waals surface area contributed by atoms with Crippen molar-refractivity contribution in [2.75, 3.05) is 45.5 Å². The fraction of sp³-hybridized carbons (Fsp3) is 0.571. The number of benzene rings is 1. The van der Waals surface area contributed by atoms with E-state index < -0.39 is 10.0 Å². The summed E-state index contributed by atoms with van der Waals surface area (Å²) < 4.78 is 27.3. The largest absolute Gasteiger partial charge is 0.314 e. The summed E-state index contributed by atoms with van der Waals surface area (Å²) in [7, 11) is -3.41. The van der Waals surface area contributed by atoms with E-state index in [9.17, 15) is 8.42 Å². The highest BCUT2D eigenvalue weighted by molar-refractivity contribution is 7.99. The van der Waals surface area contributed by atoms with Crippen LogP contribution in [0.1, 0.15) is 6.42 Å². The van der Waals surface area contributed by atoms with Crippen LogP contribution in [0.4, 0.5) is 0 Å². The van der Waals surface area contributed by atoms with Crippen LogP contribution >= 0.6 is 36.6 Å². The molecule has 0 aromatic heterocycles. The summed E-state index contributed by atoms with van der Waals surface area (Å²) in [4.78, 5) is 3.52. The SMILES string of the molecule is CSc1ccccc1S(=O)(=O)NCCCN1CCNCC1.Cl.Cl. The molecular formula is C14H25Cl2N3O2S2. The third-order valence-corrected chi connectivity index (χ3v) is 5.96. The Bertz CT molecular complexity index is 553. The van der Waals surface area contributed by atoms with Crippen LogP contribution in [-0.2, 0) is 10.0 Å². The highest BCUT2D eigenvalue weighted by atomic mass is 35.5. The molecule has 1 aliphatic rings. The summed E-state index contributed by atoms with van der Waals surface area (Å²) in [5.41, 5.74) is 0. The summed E-state index contributed by atoms with van der Waals surface area (Å²) in [5.74, 6) is 0. The van der Waals surface area contributed by atoms with Gasteiger partial charge in [0.1, 0.15) is 0 Å². The van der Waals surface area contributed by atoms with Crippen molar-refractivity contribution in [2.45, 2.75) is 16.2 Å². The molecule has 1 aromatic carbocycles. The first-order chi connectivity index (χ1) is 10.1. The van der Waals surface area contributed by atoms with Crippen molar-refractivity contribution in [3.05, 3.63) is 24.3 Å². The Kier molecular flexibility index (Phi) is 11.5. The molecule has 9 heteroatoms. The van der Waals surface area contributed by atoms with Gasteiger partial charge in [-0.15, -0.1) is 36.6 Å². The maximum absolute atomic E-state index is 12.3. The molecule has 0 spiro atoms. The van der Waals surface area contributed by atoms with E-state index in [1.54, 1.807) is 12.1 Å². The number of sulfonamides is 1. The molecule has 0 atom stereocenters. The van der Waals surface area contributed by atoms with E-state index in [1.807, 2.05) is 18.4 Å². The van der Waals surface area contributed by atoms with Gasteiger partial charge in [-0.1, -0.05) is 12.1 Å². The molecule has 134 valence electrons. The van der Waals surface area contributed by atoms with Crippen molar-refractivity contribution < 1.29 is 8.42 Å². The van der Waals surface area contributed by atoms with Crippen molar-refractivity contribution in [1.82, 2.24) is 14.9 Å². The summed E-state index contributed by atoms with van der Waals surface area (Å²) in [6, 6.07) is 7.11. The lowest BCUT2D eigenvalue weighted by molar-refractivity contribution is 0.239. The first-order valence-corrected chi connectivity index (χ1v) is 9.90. The van der Waals surface area contributed by atoms with E-state index in [0.717, 1.165) is 44.0 Å². The Hall–Kier alpha value is -0.0200. The van der Waals surface area contributed by atoms with Gasteiger partial charge in [0.25, 0.3) is 0 Å². The summed E-state index contributed by atoms with van der Waals surface area (Å²) in [6.45, 7) is 5.55. The van der Waals surface area contributed by atoms with Crippen LogP contribution in [0.15, 0.2) is 34.1 Å². The van der Waals surface area contributed by atoms with Crippen molar-refractivity contribution in [2.24, 2.45) is 0 Å². The molecule has 5 nitrogen and oxygen atoms in total. The molecule has 0 radical (unpaired) electrons. The van der Waals surface area contributed by atoms with E-state index in [1.165, 1.54) is 11.8 Å². The van der Waals surface area contributed by atoms with Gasteiger partial charge in [0, 0.05) is 37.6 Å². The molecule has 0 aliphatic carbocycles.